The second-order valence-electron chi connectivity index (χ2n) is 7.65. The van der Waals surface area contributed by atoms with Crippen LogP contribution in [0, 0.1) is 10.1 Å². The molecule has 0 bridgehead atoms. The van der Waals surface area contributed by atoms with Crippen LogP contribution in [0.5, 0.6) is 0 Å². The number of alkyl halides is 3. The average Bonchev–Trinajstić information content (AvgIpc) is 2.78. The van der Waals surface area contributed by atoms with Gasteiger partial charge in [0.25, 0.3) is 5.69 Å². The molecule has 2 amide bonds. The number of anilines is 2. The van der Waals surface area contributed by atoms with Crippen LogP contribution >= 0.6 is 11.8 Å². The molecule has 1 saturated heterocycles. The monoisotopic (exact) mass is 480 g/mol. The first-order chi connectivity index (χ1) is 15.6. The molecule has 4 rings (SSSR count). The summed E-state index contributed by atoms with van der Waals surface area (Å²) < 4.78 is 38.7. The van der Waals surface area contributed by atoms with E-state index < -0.39 is 27.8 Å². The maximum atomic E-state index is 12.9. The fourth-order valence-electron chi connectivity index (χ4n) is 3.75. The van der Waals surface area contributed by atoms with Crippen molar-refractivity contribution < 1.29 is 27.7 Å². The topological polar surface area (TPSA) is 95.8 Å². The molecule has 2 aromatic carbocycles. The SMILES string of the molecule is O=C1Nc2cc(C(F)(F)F)ccc2S[C@@H]1CC(=O)N1CCN(c2ccc([N+](=O)[O-])cc2)CC1. The average molecular weight is 480 g/mol. The summed E-state index contributed by atoms with van der Waals surface area (Å²) in [5.74, 6) is -0.703. The van der Waals surface area contributed by atoms with Gasteiger partial charge in [-0.1, -0.05) is 0 Å². The van der Waals surface area contributed by atoms with Crippen molar-refractivity contribution in [2.45, 2.75) is 22.7 Å². The number of hydrogen-bond acceptors (Lipinski definition) is 6. The summed E-state index contributed by atoms with van der Waals surface area (Å²) in [7, 11) is 0. The molecule has 2 heterocycles. The fourth-order valence-corrected chi connectivity index (χ4v) is 4.83. The predicted octanol–water partition coefficient (Wildman–Crippen LogP) is 3.77. The van der Waals surface area contributed by atoms with Crippen LogP contribution in [0.2, 0.25) is 0 Å². The van der Waals surface area contributed by atoms with Crippen LogP contribution in [-0.4, -0.2) is 53.1 Å². The van der Waals surface area contributed by atoms with Gasteiger partial charge in [-0.25, -0.2) is 0 Å². The van der Waals surface area contributed by atoms with E-state index in [1.54, 1.807) is 17.0 Å². The molecule has 174 valence electrons. The molecule has 8 nitrogen and oxygen atoms in total. The van der Waals surface area contributed by atoms with Gasteiger partial charge in [-0.2, -0.15) is 13.2 Å². The minimum Gasteiger partial charge on any atom is -0.368 e. The third kappa shape index (κ3) is 5.05. The van der Waals surface area contributed by atoms with E-state index in [2.05, 4.69) is 5.32 Å². The maximum Gasteiger partial charge on any atom is 0.416 e. The van der Waals surface area contributed by atoms with E-state index in [-0.39, 0.29) is 23.7 Å². The molecule has 2 aliphatic rings. The first-order valence-corrected chi connectivity index (χ1v) is 11.0. The molecule has 0 aliphatic carbocycles. The number of nitrogens with zero attached hydrogens (tertiary/aromatic N) is 3. The zero-order valence-electron chi connectivity index (χ0n) is 17.2. The lowest BCUT2D eigenvalue weighted by molar-refractivity contribution is -0.384. The number of fused-ring (bicyclic) bond motifs is 1. The van der Waals surface area contributed by atoms with Crippen LogP contribution in [0.3, 0.4) is 0 Å². The van der Waals surface area contributed by atoms with E-state index in [1.807, 2.05) is 4.90 Å². The summed E-state index contributed by atoms with van der Waals surface area (Å²) in [6.07, 6.45) is -4.57. The molecule has 0 radical (unpaired) electrons. The Labute approximate surface area is 190 Å². The number of hydrogen-bond donors (Lipinski definition) is 1. The quantitative estimate of drug-likeness (QED) is 0.529. The standard InChI is InChI=1S/C21H19F3N4O4S/c22-21(23,24)13-1-6-17-16(11-13)25-20(30)18(33-17)12-19(29)27-9-7-26(8-10-27)14-2-4-15(5-3-14)28(31)32/h1-6,11,18H,7-10,12H2,(H,25,30)/t18-/m1/s1. The predicted molar refractivity (Wildman–Crippen MR) is 116 cm³/mol. The Hall–Kier alpha value is -3.28. The minimum atomic E-state index is -4.51. The zero-order chi connectivity index (χ0) is 23.8. The number of nitrogens with one attached hydrogen (secondary N) is 1. The lowest BCUT2D eigenvalue weighted by atomic mass is 10.1. The van der Waals surface area contributed by atoms with Gasteiger partial charge >= 0.3 is 6.18 Å². The maximum absolute atomic E-state index is 12.9. The van der Waals surface area contributed by atoms with Crippen LogP contribution < -0.4 is 10.2 Å². The number of benzene rings is 2. The summed E-state index contributed by atoms with van der Waals surface area (Å²) in [4.78, 5) is 39.7. The molecule has 2 aromatic rings. The highest BCUT2D eigenvalue weighted by atomic mass is 32.2. The third-order valence-corrected chi connectivity index (χ3v) is 6.82. The second kappa shape index (κ2) is 8.93. The number of carbonyl (C=O) groups is 2. The van der Waals surface area contributed by atoms with Crippen LogP contribution in [-0.2, 0) is 15.8 Å². The van der Waals surface area contributed by atoms with Crippen molar-refractivity contribution in [3.8, 4) is 0 Å². The molecule has 12 heteroatoms. The third-order valence-electron chi connectivity index (χ3n) is 5.54. The summed E-state index contributed by atoms with van der Waals surface area (Å²) in [6.45, 7) is 1.94. The number of rotatable bonds is 4. The number of nitro groups is 1. The fraction of sp³-hybridized carbons (Fsp3) is 0.333. The molecule has 1 N–H and O–H groups in total. The zero-order valence-corrected chi connectivity index (χ0v) is 18.0. The van der Waals surface area contributed by atoms with Gasteiger partial charge in [0.2, 0.25) is 11.8 Å². The van der Waals surface area contributed by atoms with E-state index in [4.69, 9.17) is 0 Å². The lowest BCUT2D eigenvalue weighted by Crippen LogP contribution is -2.49. The Morgan fingerprint density at radius 3 is 2.39 bits per heavy atom. The van der Waals surface area contributed by atoms with Crippen LogP contribution in [0.25, 0.3) is 0 Å². The van der Waals surface area contributed by atoms with E-state index >= 15 is 0 Å². The van der Waals surface area contributed by atoms with Gasteiger partial charge in [0, 0.05) is 55.3 Å². The Kier molecular flexibility index (Phi) is 6.19. The van der Waals surface area contributed by atoms with Gasteiger partial charge in [-0.15, -0.1) is 11.8 Å². The smallest absolute Gasteiger partial charge is 0.368 e. The summed E-state index contributed by atoms with van der Waals surface area (Å²) >= 11 is 1.09. The summed E-state index contributed by atoms with van der Waals surface area (Å²) in [6, 6.07) is 9.36. The number of non-ortho nitro benzene ring substituents is 1. The number of carbonyl (C=O) groups excluding carboxylic acids is 2. The molecular formula is C21H19F3N4O4S. The molecule has 33 heavy (non-hydrogen) atoms. The molecule has 1 atom stereocenters. The van der Waals surface area contributed by atoms with Gasteiger partial charge < -0.3 is 15.1 Å². The number of thioether (sulfide) groups is 1. The molecule has 0 aromatic heterocycles. The minimum absolute atomic E-state index is 0.00651. The highest BCUT2D eigenvalue weighted by Gasteiger charge is 2.35. The number of halogens is 3. The lowest BCUT2D eigenvalue weighted by Gasteiger charge is -2.36. The van der Waals surface area contributed by atoms with Gasteiger partial charge in [0.1, 0.15) is 0 Å². The molecule has 0 saturated carbocycles. The van der Waals surface area contributed by atoms with Crippen molar-refractivity contribution in [1.29, 1.82) is 0 Å². The first-order valence-electron chi connectivity index (χ1n) is 10.1. The Morgan fingerprint density at radius 1 is 1.12 bits per heavy atom. The Morgan fingerprint density at radius 2 is 1.79 bits per heavy atom. The van der Waals surface area contributed by atoms with E-state index in [0.29, 0.717) is 31.1 Å². The Balaban J connectivity index is 1.34. The van der Waals surface area contributed by atoms with E-state index in [9.17, 15) is 32.9 Å². The van der Waals surface area contributed by atoms with Crippen molar-refractivity contribution in [1.82, 2.24) is 4.90 Å². The molecular weight excluding hydrogens is 461 g/mol. The number of nitro benzene ring substituents is 1. The van der Waals surface area contributed by atoms with Gasteiger partial charge in [-0.05, 0) is 30.3 Å². The van der Waals surface area contributed by atoms with Gasteiger partial charge in [0.05, 0.1) is 21.4 Å². The molecule has 1 fully saturated rings. The largest absolute Gasteiger partial charge is 0.416 e. The van der Waals surface area contributed by atoms with Crippen LogP contribution in [0.4, 0.5) is 30.2 Å². The molecule has 0 unspecified atom stereocenters. The van der Waals surface area contributed by atoms with Crippen molar-refractivity contribution in [2.75, 3.05) is 36.4 Å². The van der Waals surface area contributed by atoms with Crippen molar-refractivity contribution in [3.05, 3.63) is 58.1 Å². The van der Waals surface area contributed by atoms with Crippen LogP contribution in [0.15, 0.2) is 47.4 Å². The van der Waals surface area contributed by atoms with Crippen molar-refractivity contribution in [3.63, 3.8) is 0 Å². The summed E-state index contributed by atoms with van der Waals surface area (Å²) in [5.41, 5.74) is 0.0829. The van der Waals surface area contributed by atoms with Crippen molar-refractivity contribution >= 4 is 40.6 Å². The van der Waals surface area contributed by atoms with Crippen LogP contribution in [0.1, 0.15) is 12.0 Å². The summed E-state index contributed by atoms with van der Waals surface area (Å²) in [5, 5.41) is 12.5. The van der Waals surface area contributed by atoms with Crippen molar-refractivity contribution in [2.24, 2.45) is 0 Å². The molecule has 0 spiro atoms. The van der Waals surface area contributed by atoms with E-state index in [1.165, 1.54) is 18.2 Å². The van der Waals surface area contributed by atoms with Gasteiger partial charge in [0.15, 0.2) is 0 Å². The first kappa shape index (κ1) is 22.9. The number of piperazine rings is 1. The highest BCUT2D eigenvalue weighted by Crippen LogP contribution is 2.40. The number of amides is 2. The Bertz CT molecular complexity index is 1090. The molecule has 2 aliphatic heterocycles. The normalized spacial score (nSPS) is 18.5. The second-order valence-corrected chi connectivity index (χ2v) is 8.89. The van der Waals surface area contributed by atoms with Gasteiger partial charge in [-0.3, -0.25) is 19.7 Å². The highest BCUT2D eigenvalue weighted by molar-refractivity contribution is 8.01. The van der Waals surface area contributed by atoms with E-state index in [0.717, 1.165) is 29.6 Å².